The minimum Gasteiger partial charge on any atom is -0.326 e. The molecule has 1 aromatic carbocycles. The van der Waals surface area contributed by atoms with Crippen LogP contribution in [0.25, 0.3) is 0 Å². The summed E-state index contributed by atoms with van der Waals surface area (Å²) in [7, 11) is -3.43. The average Bonchev–Trinajstić information content (AvgIpc) is 2.28. The van der Waals surface area contributed by atoms with E-state index in [0.29, 0.717) is 5.69 Å². The van der Waals surface area contributed by atoms with Crippen LogP contribution in [0.15, 0.2) is 35.9 Å². The summed E-state index contributed by atoms with van der Waals surface area (Å²) in [6, 6.07) is 5.18. The van der Waals surface area contributed by atoms with Crippen LogP contribution in [-0.2, 0) is 14.6 Å². The number of sulfone groups is 1. The summed E-state index contributed by atoms with van der Waals surface area (Å²) < 4.78 is 35.6. The molecule has 1 N–H and O–H groups in total. The molecule has 0 fully saturated rings. The second kappa shape index (κ2) is 6.68. The molecular weight excluding hydrogens is 293 g/mol. The zero-order valence-electron chi connectivity index (χ0n) is 10.0. The largest absolute Gasteiger partial charge is 0.326 e. The van der Waals surface area contributed by atoms with E-state index in [4.69, 9.17) is 11.6 Å². The van der Waals surface area contributed by atoms with Gasteiger partial charge in [0.2, 0.25) is 5.91 Å². The Morgan fingerprint density at radius 1 is 1.32 bits per heavy atom. The molecule has 0 atom stereocenters. The molecule has 1 aromatic rings. The lowest BCUT2D eigenvalue weighted by Crippen LogP contribution is -2.19. The van der Waals surface area contributed by atoms with Gasteiger partial charge in [-0.25, -0.2) is 12.8 Å². The highest BCUT2D eigenvalue weighted by Gasteiger charge is 2.14. The molecule has 0 aromatic heterocycles. The van der Waals surface area contributed by atoms with Crippen LogP contribution in [-0.4, -0.2) is 25.8 Å². The SMILES string of the molecule is C=C(Cl)CS(=O)(=O)CCC(=O)Nc1ccc(F)cc1. The first-order chi connectivity index (χ1) is 8.78. The summed E-state index contributed by atoms with van der Waals surface area (Å²) in [6.45, 7) is 3.29. The van der Waals surface area contributed by atoms with Crippen LogP contribution >= 0.6 is 11.6 Å². The molecule has 0 heterocycles. The number of benzene rings is 1. The standard InChI is InChI=1S/C12H13ClFNO3S/c1-9(13)8-19(17,18)7-6-12(16)15-11-4-2-10(14)3-5-11/h2-5H,1,6-8H2,(H,15,16). The van der Waals surface area contributed by atoms with Crippen molar-refractivity contribution in [3.8, 4) is 0 Å². The molecule has 0 spiro atoms. The van der Waals surface area contributed by atoms with Gasteiger partial charge in [0.15, 0.2) is 9.84 Å². The van der Waals surface area contributed by atoms with Crippen molar-refractivity contribution in [2.75, 3.05) is 16.8 Å². The highest BCUT2D eigenvalue weighted by molar-refractivity contribution is 7.91. The van der Waals surface area contributed by atoms with Crippen LogP contribution in [0.3, 0.4) is 0 Å². The molecule has 0 aliphatic rings. The van der Waals surface area contributed by atoms with E-state index in [9.17, 15) is 17.6 Å². The molecule has 7 heteroatoms. The minimum atomic E-state index is -3.43. The molecule has 0 radical (unpaired) electrons. The molecule has 0 saturated heterocycles. The first-order valence-corrected chi connectivity index (χ1v) is 7.57. The van der Waals surface area contributed by atoms with Crippen LogP contribution in [0, 0.1) is 5.82 Å². The fourth-order valence-corrected chi connectivity index (χ4v) is 2.93. The Bertz CT molecular complexity index is 569. The zero-order chi connectivity index (χ0) is 14.5. The Labute approximate surface area is 116 Å². The van der Waals surface area contributed by atoms with E-state index in [0.717, 1.165) is 0 Å². The summed E-state index contributed by atoms with van der Waals surface area (Å²) in [5, 5.41) is 2.48. The van der Waals surface area contributed by atoms with Crippen molar-refractivity contribution < 1.29 is 17.6 Å². The molecule has 0 aliphatic heterocycles. The fourth-order valence-electron chi connectivity index (χ4n) is 1.32. The smallest absolute Gasteiger partial charge is 0.225 e. The quantitative estimate of drug-likeness (QED) is 0.877. The van der Waals surface area contributed by atoms with Crippen LogP contribution in [0.5, 0.6) is 0 Å². The zero-order valence-corrected chi connectivity index (χ0v) is 11.6. The van der Waals surface area contributed by atoms with E-state index in [2.05, 4.69) is 11.9 Å². The lowest BCUT2D eigenvalue weighted by Gasteiger charge is -2.05. The van der Waals surface area contributed by atoms with Gasteiger partial charge in [-0.1, -0.05) is 18.2 Å². The number of carbonyl (C=O) groups is 1. The van der Waals surface area contributed by atoms with E-state index < -0.39 is 21.6 Å². The molecule has 0 aliphatic carbocycles. The maximum atomic E-state index is 12.6. The van der Waals surface area contributed by atoms with Gasteiger partial charge >= 0.3 is 0 Å². The van der Waals surface area contributed by atoms with Gasteiger partial charge in [0.25, 0.3) is 0 Å². The van der Waals surface area contributed by atoms with Crippen molar-refractivity contribution in [2.24, 2.45) is 0 Å². The highest BCUT2D eigenvalue weighted by Crippen LogP contribution is 2.09. The summed E-state index contributed by atoms with van der Waals surface area (Å²) in [5.41, 5.74) is 0.408. The predicted molar refractivity (Wildman–Crippen MR) is 73.3 cm³/mol. The summed E-state index contributed by atoms with van der Waals surface area (Å²) in [6.07, 6.45) is -0.191. The van der Waals surface area contributed by atoms with Crippen molar-refractivity contribution in [1.82, 2.24) is 0 Å². The van der Waals surface area contributed by atoms with Gasteiger partial charge in [0, 0.05) is 17.1 Å². The number of hydrogen-bond donors (Lipinski definition) is 1. The summed E-state index contributed by atoms with van der Waals surface area (Å²) in [5.74, 6) is -1.54. The Balaban J connectivity index is 2.48. The van der Waals surface area contributed by atoms with Crippen molar-refractivity contribution >= 4 is 33.0 Å². The first kappa shape index (κ1) is 15.7. The van der Waals surface area contributed by atoms with Crippen LogP contribution < -0.4 is 5.32 Å². The molecule has 0 unspecified atom stereocenters. The van der Waals surface area contributed by atoms with Crippen molar-refractivity contribution in [3.05, 3.63) is 41.7 Å². The Kier molecular flexibility index (Phi) is 5.50. The number of nitrogens with one attached hydrogen (secondary N) is 1. The summed E-state index contributed by atoms with van der Waals surface area (Å²) in [4.78, 5) is 11.5. The minimum absolute atomic E-state index is 0.0129. The van der Waals surface area contributed by atoms with Gasteiger partial charge in [-0.05, 0) is 24.3 Å². The van der Waals surface area contributed by atoms with Gasteiger partial charge in [-0.3, -0.25) is 4.79 Å². The lowest BCUT2D eigenvalue weighted by molar-refractivity contribution is -0.115. The molecule has 0 saturated carbocycles. The van der Waals surface area contributed by atoms with Gasteiger partial charge in [0.05, 0.1) is 11.5 Å². The van der Waals surface area contributed by atoms with Gasteiger partial charge in [0.1, 0.15) is 5.82 Å². The number of rotatable bonds is 6. The van der Waals surface area contributed by atoms with Crippen LogP contribution in [0.1, 0.15) is 6.42 Å². The van der Waals surface area contributed by atoms with Gasteiger partial charge < -0.3 is 5.32 Å². The molecule has 1 rings (SSSR count). The molecular formula is C12H13ClFNO3S. The predicted octanol–water partition coefficient (Wildman–Crippen LogP) is 2.32. The second-order valence-electron chi connectivity index (χ2n) is 3.91. The van der Waals surface area contributed by atoms with Gasteiger partial charge in [-0.15, -0.1) is 0 Å². The third-order valence-electron chi connectivity index (χ3n) is 2.14. The van der Waals surface area contributed by atoms with Crippen molar-refractivity contribution in [2.45, 2.75) is 6.42 Å². The highest BCUT2D eigenvalue weighted by atomic mass is 35.5. The number of amides is 1. The van der Waals surface area contributed by atoms with E-state index in [1.54, 1.807) is 0 Å². The Morgan fingerprint density at radius 3 is 2.42 bits per heavy atom. The third-order valence-corrected chi connectivity index (χ3v) is 4.05. The van der Waals surface area contributed by atoms with Crippen molar-refractivity contribution in [3.63, 3.8) is 0 Å². The molecule has 1 amide bonds. The molecule has 0 bridgehead atoms. The number of carbonyl (C=O) groups excluding carboxylic acids is 1. The lowest BCUT2D eigenvalue weighted by atomic mass is 10.3. The van der Waals surface area contributed by atoms with Gasteiger partial charge in [-0.2, -0.15) is 0 Å². The van der Waals surface area contributed by atoms with Crippen LogP contribution in [0.4, 0.5) is 10.1 Å². The Hall–Kier alpha value is -1.40. The Morgan fingerprint density at radius 2 is 1.89 bits per heavy atom. The molecule has 104 valence electrons. The fraction of sp³-hybridized carbons (Fsp3) is 0.250. The van der Waals surface area contributed by atoms with E-state index >= 15 is 0 Å². The molecule has 19 heavy (non-hydrogen) atoms. The number of anilines is 1. The average molecular weight is 306 g/mol. The maximum absolute atomic E-state index is 12.6. The van der Waals surface area contributed by atoms with E-state index in [1.165, 1.54) is 24.3 Å². The summed E-state index contributed by atoms with van der Waals surface area (Å²) >= 11 is 5.41. The molecule has 4 nitrogen and oxygen atoms in total. The maximum Gasteiger partial charge on any atom is 0.225 e. The van der Waals surface area contributed by atoms with E-state index in [-0.39, 0.29) is 23.0 Å². The third kappa shape index (κ3) is 6.35. The topological polar surface area (TPSA) is 63.2 Å². The number of halogens is 2. The first-order valence-electron chi connectivity index (χ1n) is 5.37. The van der Waals surface area contributed by atoms with Crippen molar-refractivity contribution in [1.29, 1.82) is 0 Å². The van der Waals surface area contributed by atoms with Crippen LogP contribution in [0.2, 0.25) is 0 Å². The normalized spacial score (nSPS) is 11.1. The second-order valence-corrected chi connectivity index (χ2v) is 6.63. The monoisotopic (exact) mass is 305 g/mol. The van der Waals surface area contributed by atoms with E-state index in [1.807, 2.05) is 0 Å². The number of hydrogen-bond acceptors (Lipinski definition) is 3.